The summed E-state index contributed by atoms with van der Waals surface area (Å²) in [5, 5.41) is 8.89. The molecule has 2 rings (SSSR count). The minimum absolute atomic E-state index is 0.0297. The smallest absolute Gasteiger partial charge is 0.315 e. The topological polar surface area (TPSA) is 41.1 Å². The highest BCUT2D eigenvalue weighted by Crippen LogP contribution is 2.26. The van der Waals surface area contributed by atoms with Gasteiger partial charge in [0.2, 0.25) is 0 Å². The van der Waals surface area contributed by atoms with E-state index in [0.717, 1.165) is 10.4 Å². The number of carbonyl (C=O) groups excluding carboxylic acids is 1. The first-order chi connectivity index (χ1) is 9.97. The molecule has 112 valence electrons. The highest BCUT2D eigenvalue weighted by Gasteiger charge is 2.15. The molecule has 2 amide bonds. The summed E-state index contributed by atoms with van der Waals surface area (Å²) in [6.45, 7) is 3.83. The number of carbonyl (C=O) groups is 1. The number of benzene rings is 1. The Bertz CT molecular complexity index is 616. The molecule has 0 saturated heterocycles. The van der Waals surface area contributed by atoms with Crippen LogP contribution in [0, 0.1) is 0 Å². The van der Waals surface area contributed by atoms with Gasteiger partial charge in [-0.25, -0.2) is 4.79 Å². The van der Waals surface area contributed by atoms with Crippen molar-refractivity contribution in [3.05, 3.63) is 56.2 Å². The van der Waals surface area contributed by atoms with E-state index >= 15 is 0 Å². The van der Waals surface area contributed by atoms with Gasteiger partial charge in [-0.3, -0.25) is 0 Å². The number of rotatable bonds is 4. The summed E-state index contributed by atoms with van der Waals surface area (Å²) in [5.41, 5.74) is 0.833. The molecule has 0 bridgehead atoms. The first-order valence-corrected chi connectivity index (χ1v) is 8.16. The summed E-state index contributed by atoms with van der Waals surface area (Å²) in [6.07, 6.45) is 0. The molecule has 21 heavy (non-hydrogen) atoms. The molecular formula is C15H16Cl2N2OS. The molecule has 1 aromatic heterocycles. The van der Waals surface area contributed by atoms with E-state index in [1.54, 1.807) is 23.5 Å². The van der Waals surface area contributed by atoms with Gasteiger partial charge in [0.05, 0.1) is 12.1 Å². The highest BCUT2D eigenvalue weighted by molar-refractivity contribution is 7.10. The fourth-order valence-corrected chi connectivity index (χ4v) is 3.28. The molecule has 1 aromatic carbocycles. The molecule has 2 N–H and O–H groups in total. The van der Waals surface area contributed by atoms with Crippen molar-refractivity contribution in [1.82, 2.24) is 10.6 Å². The predicted molar refractivity (Wildman–Crippen MR) is 89.3 cm³/mol. The van der Waals surface area contributed by atoms with Gasteiger partial charge in [0.15, 0.2) is 0 Å². The van der Waals surface area contributed by atoms with Crippen LogP contribution in [-0.2, 0) is 0 Å². The zero-order valence-corrected chi connectivity index (χ0v) is 14.0. The van der Waals surface area contributed by atoms with E-state index in [9.17, 15) is 4.79 Å². The van der Waals surface area contributed by atoms with Crippen molar-refractivity contribution in [2.75, 3.05) is 0 Å². The molecule has 1 heterocycles. The standard InChI is InChI=1S/C15H16Cl2N2OS/c1-9(12-6-5-11(16)8-13(12)17)18-15(20)19-10(2)14-4-3-7-21-14/h3-10H,1-2H3,(H2,18,19,20)/t9-,10+/m0/s1. The normalized spacial score (nSPS) is 13.5. The van der Waals surface area contributed by atoms with E-state index in [1.165, 1.54) is 0 Å². The second-order valence-electron chi connectivity index (χ2n) is 4.74. The van der Waals surface area contributed by atoms with Crippen molar-refractivity contribution >= 4 is 40.6 Å². The highest BCUT2D eigenvalue weighted by atomic mass is 35.5. The van der Waals surface area contributed by atoms with Gasteiger partial charge in [0.1, 0.15) is 0 Å². The fraction of sp³-hybridized carbons (Fsp3) is 0.267. The molecule has 2 atom stereocenters. The third kappa shape index (κ3) is 4.37. The third-order valence-electron chi connectivity index (χ3n) is 3.09. The Labute approximate surface area is 138 Å². The summed E-state index contributed by atoms with van der Waals surface area (Å²) >= 11 is 13.6. The van der Waals surface area contributed by atoms with Gasteiger partial charge in [-0.05, 0) is 43.0 Å². The monoisotopic (exact) mass is 342 g/mol. The summed E-state index contributed by atoms with van der Waals surface area (Å²) in [7, 11) is 0. The molecule has 3 nitrogen and oxygen atoms in total. The van der Waals surface area contributed by atoms with Crippen molar-refractivity contribution in [3.8, 4) is 0 Å². The van der Waals surface area contributed by atoms with Crippen molar-refractivity contribution in [2.45, 2.75) is 25.9 Å². The van der Waals surface area contributed by atoms with E-state index in [0.29, 0.717) is 10.0 Å². The predicted octanol–water partition coefficient (Wildman–Crippen LogP) is 5.18. The second kappa shape index (κ2) is 7.16. The van der Waals surface area contributed by atoms with Crippen LogP contribution in [0.1, 0.15) is 36.4 Å². The Morgan fingerprint density at radius 1 is 1.14 bits per heavy atom. The van der Waals surface area contributed by atoms with E-state index in [-0.39, 0.29) is 18.1 Å². The van der Waals surface area contributed by atoms with Crippen LogP contribution in [0.5, 0.6) is 0 Å². The van der Waals surface area contributed by atoms with Crippen molar-refractivity contribution in [2.24, 2.45) is 0 Å². The van der Waals surface area contributed by atoms with Crippen LogP contribution in [0.2, 0.25) is 10.0 Å². The van der Waals surface area contributed by atoms with Crippen LogP contribution >= 0.6 is 34.5 Å². The molecule has 0 aliphatic carbocycles. The van der Waals surface area contributed by atoms with Crippen LogP contribution in [0.3, 0.4) is 0 Å². The van der Waals surface area contributed by atoms with E-state index in [2.05, 4.69) is 10.6 Å². The van der Waals surface area contributed by atoms with Crippen LogP contribution < -0.4 is 10.6 Å². The third-order valence-corrected chi connectivity index (χ3v) is 4.71. The zero-order chi connectivity index (χ0) is 15.4. The van der Waals surface area contributed by atoms with Gasteiger partial charge in [0, 0.05) is 14.9 Å². The number of urea groups is 1. The molecular weight excluding hydrogens is 327 g/mol. The Balaban J connectivity index is 1.96. The number of thiophene rings is 1. The van der Waals surface area contributed by atoms with Gasteiger partial charge in [-0.15, -0.1) is 11.3 Å². The number of nitrogens with one attached hydrogen (secondary N) is 2. The average Bonchev–Trinajstić information content (AvgIpc) is 2.91. The van der Waals surface area contributed by atoms with E-state index in [1.807, 2.05) is 37.4 Å². The first-order valence-electron chi connectivity index (χ1n) is 6.52. The summed E-state index contributed by atoms with van der Waals surface area (Å²) in [5.74, 6) is 0. The van der Waals surface area contributed by atoms with Crippen LogP contribution in [0.25, 0.3) is 0 Å². The maximum Gasteiger partial charge on any atom is 0.315 e. The Kier molecular flexibility index (Phi) is 5.51. The Hall–Kier alpha value is -1.23. The minimum Gasteiger partial charge on any atom is -0.332 e. The lowest BCUT2D eigenvalue weighted by molar-refractivity contribution is 0.235. The number of halogens is 2. The lowest BCUT2D eigenvalue weighted by Crippen LogP contribution is -2.38. The fourth-order valence-electron chi connectivity index (χ4n) is 1.97. The zero-order valence-electron chi connectivity index (χ0n) is 11.7. The van der Waals surface area contributed by atoms with Crippen LogP contribution in [0.4, 0.5) is 4.79 Å². The van der Waals surface area contributed by atoms with Crippen molar-refractivity contribution in [3.63, 3.8) is 0 Å². The SMILES string of the molecule is C[C@H](NC(=O)N[C@H](C)c1cccs1)c1ccc(Cl)cc1Cl. The first kappa shape index (κ1) is 16.1. The van der Waals surface area contributed by atoms with Gasteiger partial charge in [-0.2, -0.15) is 0 Å². The van der Waals surface area contributed by atoms with Crippen molar-refractivity contribution in [1.29, 1.82) is 0 Å². The summed E-state index contributed by atoms with van der Waals surface area (Å²) in [6, 6.07) is 8.74. The number of hydrogen-bond donors (Lipinski definition) is 2. The molecule has 2 aromatic rings. The molecule has 0 unspecified atom stereocenters. The van der Waals surface area contributed by atoms with E-state index < -0.39 is 0 Å². The molecule has 0 fully saturated rings. The van der Waals surface area contributed by atoms with Crippen LogP contribution in [-0.4, -0.2) is 6.03 Å². The van der Waals surface area contributed by atoms with Crippen molar-refractivity contribution < 1.29 is 4.79 Å². The van der Waals surface area contributed by atoms with Gasteiger partial charge < -0.3 is 10.6 Å². The summed E-state index contributed by atoms with van der Waals surface area (Å²) in [4.78, 5) is 13.1. The van der Waals surface area contributed by atoms with Crippen LogP contribution in [0.15, 0.2) is 35.7 Å². The maximum absolute atomic E-state index is 12.0. The minimum atomic E-state index is -0.227. The largest absolute Gasteiger partial charge is 0.332 e. The summed E-state index contributed by atoms with van der Waals surface area (Å²) < 4.78 is 0. The molecule has 0 spiro atoms. The molecule has 0 saturated carbocycles. The molecule has 6 heteroatoms. The van der Waals surface area contributed by atoms with Gasteiger partial charge in [0.25, 0.3) is 0 Å². The lowest BCUT2D eigenvalue weighted by Gasteiger charge is -2.18. The quantitative estimate of drug-likeness (QED) is 0.789. The number of amides is 2. The maximum atomic E-state index is 12.0. The van der Waals surface area contributed by atoms with Gasteiger partial charge >= 0.3 is 6.03 Å². The average molecular weight is 343 g/mol. The Morgan fingerprint density at radius 3 is 2.48 bits per heavy atom. The molecule has 0 aliphatic heterocycles. The molecule has 0 aliphatic rings. The number of hydrogen-bond acceptors (Lipinski definition) is 2. The van der Waals surface area contributed by atoms with Gasteiger partial charge in [-0.1, -0.05) is 35.3 Å². The Morgan fingerprint density at radius 2 is 1.86 bits per heavy atom. The lowest BCUT2D eigenvalue weighted by atomic mass is 10.1. The molecule has 0 radical (unpaired) electrons. The van der Waals surface area contributed by atoms with E-state index in [4.69, 9.17) is 23.2 Å². The second-order valence-corrected chi connectivity index (χ2v) is 6.57.